The number of thiophene rings is 1. The van der Waals surface area contributed by atoms with Gasteiger partial charge in [0.05, 0.1) is 22.3 Å². The van der Waals surface area contributed by atoms with Gasteiger partial charge < -0.3 is 10.1 Å². The number of allylic oxidation sites excluding steroid dienone is 1. The van der Waals surface area contributed by atoms with E-state index in [0.717, 1.165) is 28.8 Å². The molecule has 1 atom stereocenters. The molecule has 6 nitrogen and oxygen atoms in total. The summed E-state index contributed by atoms with van der Waals surface area (Å²) >= 11 is 1.25. The molecule has 36 heavy (non-hydrogen) atoms. The van der Waals surface area contributed by atoms with Gasteiger partial charge in [0.15, 0.2) is 6.61 Å². The third kappa shape index (κ3) is 4.77. The summed E-state index contributed by atoms with van der Waals surface area (Å²) in [5, 5.41) is 14.7. The zero-order chi connectivity index (χ0) is 25.1. The summed E-state index contributed by atoms with van der Waals surface area (Å²) in [4.78, 5) is 30.8. The third-order valence-corrected chi connectivity index (χ3v) is 6.97. The van der Waals surface area contributed by atoms with Crippen molar-refractivity contribution in [1.29, 1.82) is 5.26 Å². The Morgan fingerprint density at radius 3 is 2.72 bits per heavy atom. The highest BCUT2D eigenvalue weighted by Gasteiger charge is 2.29. The highest BCUT2D eigenvalue weighted by molar-refractivity contribution is 7.14. The van der Waals surface area contributed by atoms with Crippen molar-refractivity contribution in [2.24, 2.45) is 5.92 Å². The molecule has 1 N–H and O–H groups in total. The Balaban J connectivity index is 1.49. The van der Waals surface area contributed by atoms with E-state index in [0.29, 0.717) is 39.4 Å². The van der Waals surface area contributed by atoms with Gasteiger partial charge in [0.1, 0.15) is 11.1 Å². The van der Waals surface area contributed by atoms with Gasteiger partial charge >= 0.3 is 5.97 Å². The fourth-order valence-corrected chi connectivity index (χ4v) is 5.33. The van der Waals surface area contributed by atoms with Crippen molar-refractivity contribution in [2.75, 3.05) is 11.9 Å². The Morgan fingerprint density at radius 1 is 1.14 bits per heavy atom. The predicted octanol–water partition coefficient (Wildman–Crippen LogP) is 6.09. The minimum absolute atomic E-state index is 0.313. The second-order valence-corrected chi connectivity index (χ2v) is 9.74. The van der Waals surface area contributed by atoms with Crippen LogP contribution in [0, 0.1) is 17.2 Å². The maximum atomic E-state index is 13.4. The third-order valence-electron chi connectivity index (χ3n) is 6.14. The molecular weight excluding hydrogens is 470 g/mol. The number of nitrogens with one attached hydrogen (secondary N) is 1. The van der Waals surface area contributed by atoms with E-state index < -0.39 is 18.5 Å². The molecule has 1 aliphatic rings. The highest BCUT2D eigenvalue weighted by atomic mass is 32.1. The number of para-hydroxylation sites is 1. The molecule has 0 saturated heterocycles. The van der Waals surface area contributed by atoms with E-state index in [4.69, 9.17) is 15.0 Å². The predicted molar refractivity (Wildman–Crippen MR) is 141 cm³/mol. The van der Waals surface area contributed by atoms with Crippen LogP contribution < -0.4 is 5.32 Å². The van der Waals surface area contributed by atoms with Gasteiger partial charge in [-0.05, 0) is 59.0 Å². The van der Waals surface area contributed by atoms with Gasteiger partial charge in [-0.15, -0.1) is 11.3 Å². The quantitative estimate of drug-likeness (QED) is 0.340. The minimum Gasteiger partial charge on any atom is -0.452 e. The van der Waals surface area contributed by atoms with E-state index in [1.807, 2.05) is 60.7 Å². The minimum atomic E-state index is -0.556. The number of benzene rings is 2. The molecule has 0 aliphatic heterocycles. The number of rotatable bonds is 5. The molecule has 0 fully saturated rings. The number of nitriles is 1. The van der Waals surface area contributed by atoms with Crippen LogP contribution in [0.5, 0.6) is 0 Å². The Kier molecular flexibility index (Phi) is 6.61. The van der Waals surface area contributed by atoms with Crippen LogP contribution in [0.2, 0.25) is 0 Å². The average Bonchev–Trinajstić information content (AvgIpc) is 3.33. The number of esters is 1. The number of hydrogen-bond donors (Lipinski definition) is 1. The molecule has 0 bridgehead atoms. The summed E-state index contributed by atoms with van der Waals surface area (Å²) in [6.07, 6.45) is 3.68. The maximum Gasteiger partial charge on any atom is 0.339 e. The summed E-state index contributed by atoms with van der Waals surface area (Å²) in [6.45, 7) is 1.71. The number of hydrogen-bond acceptors (Lipinski definition) is 6. The van der Waals surface area contributed by atoms with E-state index in [1.54, 1.807) is 11.4 Å². The fraction of sp³-hybridized carbons (Fsp3) is 0.172. The zero-order valence-electron chi connectivity index (χ0n) is 19.7. The van der Waals surface area contributed by atoms with Gasteiger partial charge in [-0.1, -0.05) is 55.5 Å². The standard InChI is InChI=1S/C29H23N3O3S/c1-18-13-21(15-19-7-3-2-4-8-19)27-23(14-18)26(22-9-5-6-10-24(22)31-27)29(34)35-17-25(33)32-28-20(16-30)11-12-36-28/h2-12,15,18H,13-14,17H2,1H3,(H,32,33)/b21-15+. The highest BCUT2D eigenvalue weighted by Crippen LogP contribution is 2.38. The summed E-state index contributed by atoms with van der Waals surface area (Å²) in [5.74, 6) is -0.735. The van der Waals surface area contributed by atoms with Crippen LogP contribution in [0.3, 0.4) is 0 Å². The van der Waals surface area contributed by atoms with Crippen molar-refractivity contribution in [1.82, 2.24) is 4.98 Å². The van der Waals surface area contributed by atoms with E-state index >= 15 is 0 Å². The first-order valence-corrected chi connectivity index (χ1v) is 12.5. The molecule has 4 aromatic rings. The Morgan fingerprint density at radius 2 is 1.92 bits per heavy atom. The molecular formula is C29H23N3O3S. The lowest BCUT2D eigenvalue weighted by Crippen LogP contribution is -2.23. The summed E-state index contributed by atoms with van der Waals surface area (Å²) in [6, 6.07) is 21.2. The number of nitrogens with zero attached hydrogens (tertiary/aromatic N) is 2. The van der Waals surface area contributed by atoms with Crippen LogP contribution >= 0.6 is 11.3 Å². The normalized spacial score (nSPS) is 15.8. The topological polar surface area (TPSA) is 92.1 Å². The van der Waals surface area contributed by atoms with Crippen LogP contribution in [-0.2, 0) is 16.0 Å². The first-order valence-electron chi connectivity index (χ1n) is 11.7. The van der Waals surface area contributed by atoms with Gasteiger partial charge in [-0.3, -0.25) is 4.79 Å². The molecule has 1 unspecified atom stereocenters. The van der Waals surface area contributed by atoms with Gasteiger partial charge in [-0.25, -0.2) is 9.78 Å². The summed E-state index contributed by atoms with van der Waals surface area (Å²) < 4.78 is 5.50. The second kappa shape index (κ2) is 10.1. The molecule has 2 aromatic heterocycles. The van der Waals surface area contributed by atoms with Gasteiger partial charge in [0.25, 0.3) is 5.91 Å². The lowest BCUT2D eigenvalue weighted by molar-refractivity contribution is -0.119. The Hall–Kier alpha value is -4.28. The second-order valence-electron chi connectivity index (χ2n) is 8.82. The van der Waals surface area contributed by atoms with Crippen LogP contribution in [0.15, 0.2) is 66.0 Å². The Bertz CT molecular complexity index is 1530. The SMILES string of the molecule is CC1C/C(=C\c2ccccc2)c2nc3ccccc3c(C(=O)OCC(=O)Nc3sccc3C#N)c2C1. The number of carbonyl (C=O) groups excluding carboxylic acids is 2. The first-order chi connectivity index (χ1) is 17.5. The first kappa shape index (κ1) is 23.5. The zero-order valence-corrected chi connectivity index (χ0v) is 20.5. The van der Waals surface area contributed by atoms with E-state index in [9.17, 15) is 9.59 Å². The molecule has 2 heterocycles. The number of pyridine rings is 1. The molecule has 1 aliphatic carbocycles. The summed E-state index contributed by atoms with van der Waals surface area (Å²) in [7, 11) is 0. The smallest absolute Gasteiger partial charge is 0.339 e. The summed E-state index contributed by atoms with van der Waals surface area (Å²) in [5.41, 5.74) is 5.36. The monoisotopic (exact) mass is 493 g/mol. The molecule has 7 heteroatoms. The Labute approximate surface area is 212 Å². The molecule has 0 spiro atoms. The van der Waals surface area contributed by atoms with E-state index in [1.165, 1.54) is 11.3 Å². The number of amides is 1. The average molecular weight is 494 g/mol. The number of aromatic nitrogens is 1. The molecule has 1 amide bonds. The largest absolute Gasteiger partial charge is 0.452 e. The van der Waals surface area contributed by atoms with Crippen molar-refractivity contribution in [3.05, 3.63) is 94.0 Å². The number of anilines is 1. The van der Waals surface area contributed by atoms with Crippen molar-refractivity contribution < 1.29 is 14.3 Å². The van der Waals surface area contributed by atoms with Crippen LogP contribution in [-0.4, -0.2) is 23.5 Å². The molecule has 2 aromatic carbocycles. The van der Waals surface area contributed by atoms with Gasteiger partial charge in [0.2, 0.25) is 0 Å². The van der Waals surface area contributed by atoms with Gasteiger partial charge in [-0.2, -0.15) is 5.26 Å². The molecule has 5 rings (SSSR count). The maximum absolute atomic E-state index is 13.4. The van der Waals surface area contributed by atoms with Crippen molar-refractivity contribution in [3.8, 4) is 6.07 Å². The van der Waals surface area contributed by atoms with Crippen molar-refractivity contribution in [2.45, 2.75) is 19.8 Å². The van der Waals surface area contributed by atoms with Crippen molar-refractivity contribution in [3.63, 3.8) is 0 Å². The van der Waals surface area contributed by atoms with Crippen LogP contribution in [0.1, 0.15) is 46.1 Å². The fourth-order valence-electron chi connectivity index (χ4n) is 4.58. The van der Waals surface area contributed by atoms with Crippen molar-refractivity contribution >= 4 is 50.8 Å². The van der Waals surface area contributed by atoms with Gasteiger partial charge in [0, 0.05) is 5.39 Å². The van der Waals surface area contributed by atoms with E-state index in [-0.39, 0.29) is 0 Å². The molecule has 178 valence electrons. The number of carbonyl (C=O) groups is 2. The number of fused-ring (bicyclic) bond motifs is 2. The lowest BCUT2D eigenvalue weighted by Gasteiger charge is -2.26. The lowest BCUT2D eigenvalue weighted by atomic mass is 9.80. The van der Waals surface area contributed by atoms with Crippen LogP contribution in [0.25, 0.3) is 22.6 Å². The molecule has 0 saturated carbocycles. The van der Waals surface area contributed by atoms with Crippen LogP contribution in [0.4, 0.5) is 5.00 Å². The molecule has 0 radical (unpaired) electrons. The number of ether oxygens (including phenoxy) is 1. The van der Waals surface area contributed by atoms with E-state index in [2.05, 4.69) is 18.3 Å².